The van der Waals surface area contributed by atoms with Crippen molar-refractivity contribution < 1.29 is 24.1 Å². The zero-order valence-corrected chi connectivity index (χ0v) is 26.8. The fourth-order valence-electron chi connectivity index (χ4n) is 6.84. The van der Waals surface area contributed by atoms with Crippen LogP contribution in [0, 0.1) is 6.92 Å². The number of aliphatic hydroxyl groups is 1. The normalized spacial score (nSPS) is 21.8. The molecule has 0 radical (unpaired) electrons. The lowest BCUT2D eigenvalue weighted by atomic mass is 9.79. The maximum absolute atomic E-state index is 13.2. The number of anilines is 2. The smallest absolute Gasteiger partial charge is 0.351 e. The second kappa shape index (κ2) is 12.4. The second-order valence-electron chi connectivity index (χ2n) is 12.0. The molecule has 0 amide bonds. The third kappa shape index (κ3) is 5.14. The van der Waals surface area contributed by atoms with Crippen LogP contribution in [0.1, 0.15) is 28.5 Å². The number of aryl methyl sites for hydroxylation is 1. The molecule has 2 bridgehead atoms. The van der Waals surface area contributed by atoms with Crippen LogP contribution in [0.2, 0.25) is 0 Å². The molecule has 4 heterocycles. The maximum Gasteiger partial charge on any atom is 0.351 e. The number of morpholine rings is 1. The quantitative estimate of drug-likeness (QED) is 0.215. The molecule has 4 atom stereocenters. The molecule has 0 spiro atoms. The molecular weight excluding hydrogens is 612 g/mol. The molecule has 2 aliphatic rings. The summed E-state index contributed by atoms with van der Waals surface area (Å²) in [7, 11) is 3.24. The molecule has 0 aliphatic carbocycles. The Morgan fingerprint density at radius 2 is 1.58 bits per heavy atom. The lowest BCUT2D eigenvalue weighted by Gasteiger charge is -2.41. The Morgan fingerprint density at radius 1 is 0.958 bits per heavy atom. The fourth-order valence-corrected chi connectivity index (χ4v) is 6.84. The van der Waals surface area contributed by atoms with E-state index < -0.39 is 35.3 Å². The van der Waals surface area contributed by atoms with Gasteiger partial charge in [-0.05, 0) is 53.9 Å². The topological polar surface area (TPSA) is 147 Å². The average Bonchev–Trinajstić information content (AvgIpc) is 3.57. The van der Waals surface area contributed by atoms with Crippen LogP contribution in [0.5, 0.6) is 11.5 Å². The summed E-state index contributed by atoms with van der Waals surface area (Å²) in [5, 5.41) is 12.1. The van der Waals surface area contributed by atoms with Gasteiger partial charge < -0.3 is 34.7 Å². The highest BCUT2D eigenvalue weighted by molar-refractivity contribution is 5.50. The fraction of sp³-hybridized carbons (Fsp3) is 0.278. The van der Waals surface area contributed by atoms with Gasteiger partial charge in [0.2, 0.25) is 0 Å². The van der Waals surface area contributed by atoms with Gasteiger partial charge in [0.15, 0.2) is 6.23 Å². The highest BCUT2D eigenvalue weighted by Gasteiger charge is 2.65. The first kappa shape index (κ1) is 31.3. The number of nitrogens with zero attached hydrogens (tertiary/aromatic N) is 5. The molecule has 2 fully saturated rings. The molecule has 0 saturated carbocycles. The molecule has 3 aromatic carbocycles. The van der Waals surface area contributed by atoms with Crippen molar-refractivity contribution in [3.05, 3.63) is 136 Å². The third-order valence-electron chi connectivity index (χ3n) is 9.32. The summed E-state index contributed by atoms with van der Waals surface area (Å²) in [5.74, 6) is 2.11. The van der Waals surface area contributed by atoms with E-state index >= 15 is 0 Å². The minimum atomic E-state index is -1.28. The Hall–Kier alpha value is -5.30. The standard InChI is InChI=1S/C36H36N6O6/c1-23-19-41(34(44)40-32(23)37)33-30-31(43)35(48-33,20-42(30)29-17-18-38-22-39-29)21-47-36(24-7-5-4-6-8-24,25-9-13-27(45-2)14-10-25)26-11-15-28(46-3)16-12-26/h4-19,22,30-31,33,43H,20-21H2,1-3H3,(H2,37,40,44)/t30-,31+,33-,35-/m1/s1. The Morgan fingerprint density at radius 3 is 2.17 bits per heavy atom. The van der Waals surface area contributed by atoms with E-state index in [1.165, 1.54) is 10.9 Å². The molecule has 12 heteroatoms. The predicted octanol–water partition coefficient (Wildman–Crippen LogP) is 3.47. The van der Waals surface area contributed by atoms with Gasteiger partial charge in [-0.1, -0.05) is 54.6 Å². The van der Waals surface area contributed by atoms with Crippen LogP contribution in [0.4, 0.5) is 11.6 Å². The molecule has 3 N–H and O–H groups in total. The van der Waals surface area contributed by atoms with Gasteiger partial charge in [-0.15, -0.1) is 0 Å². The molecule has 0 unspecified atom stereocenters. The summed E-state index contributed by atoms with van der Waals surface area (Å²) in [5.41, 5.74) is 6.05. The van der Waals surface area contributed by atoms with Crippen LogP contribution < -0.4 is 25.8 Å². The lowest BCUT2D eigenvalue weighted by molar-refractivity contribution is -0.159. The van der Waals surface area contributed by atoms with E-state index in [0.717, 1.165) is 16.7 Å². The zero-order valence-electron chi connectivity index (χ0n) is 26.8. The summed E-state index contributed by atoms with van der Waals surface area (Å²) >= 11 is 0. The number of fused-ring (bicyclic) bond motifs is 2. The molecule has 5 aromatic rings. The molecule has 7 rings (SSSR count). The van der Waals surface area contributed by atoms with Crippen molar-refractivity contribution >= 4 is 11.6 Å². The van der Waals surface area contributed by atoms with E-state index in [2.05, 4.69) is 15.0 Å². The first-order valence-corrected chi connectivity index (χ1v) is 15.5. The van der Waals surface area contributed by atoms with Crippen molar-refractivity contribution in [2.75, 3.05) is 38.0 Å². The van der Waals surface area contributed by atoms with Gasteiger partial charge in [0, 0.05) is 18.0 Å². The maximum atomic E-state index is 13.2. The number of rotatable bonds is 10. The van der Waals surface area contributed by atoms with Gasteiger partial charge in [-0.2, -0.15) is 4.98 Å². The van der Waals surface area contributed by atoms with E-state index in [0.29, 0.717) is 22.9 Å². The molecule has 246 valence electrons. The summed E-state index contributed by atoms with van der Waals surface area (Å²) in [4.78, 5) is 27.7. The summed E-state index contributed by atoms with van der Waals surface area (Å²) in [6.45, 7) is 1.94. The summed E-state index contributed by atoms with van der Waals surface area (Å²) in [6, 6.07) is 26.4. The first-order valence-electron chi connectivity index (χ1n) is 15.5. The molecule has 2 aromatic heterocycles. The van der Waals surface area contributed by atoms with Crippen molar-refractivity contribution in [3.63, 3.8) is 0 Å². The number of hydrogen-bond donors (Lipinski definition) is 2. The summed E-state index contributed by atoms with van der Waals surface area (Å²) < 4.78 is 26.3. The van der Waals surface area contributed by atoms with Crippen molar-refractivity contribution in [1.29, 1.82) is 0 Å². The van der Waals surface area contributed by atoms with E-state index in [4.69, 9.17) is 24.7 Å². The van der Waals surface area contributed by atoms with Crippen LogP contribution >= 0.6 is 0 Å². The number of hydrogen-bond acceptors (Lipinski definition) is 11. The van der Waals surface area contributed by atoms with Crippen LogP contribution in [0.25, 0.3) is 0 Å². The molecule has 2 saturated heterocycles. The Labute approximate surface area is 277 Å². The van der Waals surface area contributed by atoms with Gasteiger partial charge in [0.05, 0.1) is 27.4 Å². The van der Waals surface area contributed by atoms with Crippen LogP contribution in [0.3, 0.4) is 0 Å². The third-order valence-corrected chi connectivity index (χ3v) is 9.32. The predicted molar refractivity (Wildman–Crippen MR) is 178 cm³/mol. The van der Waals surface area contributed by atoms with Crippen molar-refractivity contribution in [2.45, 2.75) is 36.5 Å². The number of aliphatic hydroxyl groups excluding tert-OH is 1. The van der Waals surface area contributed by atoms with Crippen LogP contribution in [-0.2, 0) is 15.1 Å². The number of nitrogen functional groups attached to an aromatic ring is 1. The van der Waals surface area contributed by atoms with E-state index in [1.54, 1.807) is 39.6 Å². The van der Waals surface area contributed by atoms with E-state index in [1.807, 2.05) is 83.8 Å². The summed E-state index contributed by atoms with van der Waals surface area (Å²) in [6.07, 6.45) is 2.69. The highest BCUT2D eigenvalue weighted by Crippen LogP contribution is 2.50. The molecule has 12 nitrogen and oxygen atoms in total. The van der Waals surface area contributed by atoms with Gasteiger partial charge in [-0.25, -0.2) is 14.8 Å². The van der Waals surface area contributed by atoms with Gasteiger partial charge in [-0.3, -0.25) is 4.57 Å². The van der Waals surface area contributed by atoms with E-state index in [-0.39, 0.29) is 19.0 Å². The zero-order chi connectivity index (χ0) is 33.5. The SMILES string of the molecule is COc1ccc(C(OC[C@@]23CN(c4ccncn4)[C@@H]([C@H](n4cc(C)c(N)nc4=O)O2)[C@@H]3O)(c2ccccc2)c2ccc(OC)cc2)cc1. The van der Waals surface area contributed by atoms with Crippen LogP contribution in [-0.4, -0.2) is 69.7 Å². The van der Waals surface area contributed by atoms with Gasteiger partial charge in [0.1, 0.15) is 52.8 Å². The minimum absolute atomic E-state index is 0.0637. The van der Waals surface area contributed by atoms with Gasteiger partial charge in [0.25, 0.3) is 0 Å². The molecule has 2 aliphatic heterocycles. The number of ether oxygens (including phenoxy) is 4. The monoisotopic (exact) mass is 648 g/mol. The first-order chi connectivity index (χ1) is 23.3. The number of nitrogens with two attached hydrogens (primary N) is 1. The average molecular weight is 649 g/mol. The Bertz CT molecular complexity index is 1890. The van der Waals surface area contributed by atoms with Crippen molar-refractivity contribution in [3.8, 4) is 11.5 Å². The molecular formula is C36H36N6O6. The second-order valence-corrected chi connectivity index (χ2v) is 12.0. The lowest BCUT2D eigenvalue weighted by Crippen LogP contribution is -2.51. The Kier molecular flexibility index (Phi) is 8.07. The number of benzene rings is 3. The van der Waals surface area contributed by atoms with Crippen LogP contribution in [0.15, 0.2) is 108 Å². The van der Waals surface area contributed by atoms with Crippen molar-refractivity contribution in [1.82, 2.24) is 19.5 Å². The Balaban J connectivity index is 1.36. The van der Waals surface area contributed by atoms with E-state index in [9.17, 15) is 9.90 Å². The largest absolute Gasteiger partial charge is 0.497 e. The minimum Gasteiger partial charge on any atom is -0.497 e. The highest BCUT2D eigenvalue weighted by atomic mass is 16.6. The molecule has 48 heavy (non-hydrogen) atoms. The van der Waals surface area contributed by atoms with Crippen molar-refractivity contribution in [2.24, 2.45) is 0 Å². The number of methoxy groups -OCH3 is 2. The number of aromatic nitrogens is 4. The van der Waals surface area contributed by atoms with Gasteiger partial charge >= 0.3 is 5.69 Å².